The minimum Gasteiger partial charge on any atom is -0.493 e. The summed E-state index contributed by atoms with van der Waals surface area (Å²) in [7, 11) is 3.26. The van der Waals surface area contributed by atoms with Gasteiger partial charge < -0.3 is 19.5 Å². The van der Waals surface area contributed by atoms with Crippen LogP contribution >= 0.6 is 0 Å². The predicted octanol–water partition coefficient (Wildman–Crippen LogP) is 2.58. The van der Waals surface area contributed by atoms with Gasteiger partial charge in [0.05, 0.1) is 34.0 Å². The number of unbranched alkanes of at least 4 members (excludes halogenated alkanes) is 3. The van der Waals surface area contributed by atoms with Gasteiger partial charge in [0, 0.05) is 32.7 Å². The lowest BCUT2D eigenvalue weighted by molar-refractivity contribution is -0.122. The van der Waals surface area contributed by atoms with Crippen LogP contribution < -0.4 is 14.8 Å². The summed E-state index contributed by atoms with van der Waals surface area (Å²) in [5.41, 5.74) is 1.11. The fraction of sp³-hybridized carbons (Fsp3) is 0.708. The fourth-order valence-corrected chi connectivity index (χ4v) is 3.78. The Morgan fingerprint density at radius 1 is 1.10 bits per heavy atom. The van der Waals surface area contributed by atoms with E-state index in [4.69, 9.17) is 14.2 Å². The number of benzene rings is 1. The summed E-state index contributed by atoms with van der Waals surface area (Å²) in [5.74, 6) is 1.53. The summed E-state index contributed by atoms with van der Waals surface area (Å²) in [5, 5.41) is 3.08. The average Bonchev–Trinajstić information content (AvgIpc) is 2.80. The van der Waals surface area contributed by atoms with E-state index in [0.717, 1.165) is 64.3 Å². The number of carbonyl (C=O) groups excluding carboxylic acids is 1. The zero-order valence-electron chi connectivity index (χ0n) is 19.7. The first-order valence-corrected chi connectivity index (χ1v) is 11.7. The highest BCUT2D eigenvalue weighted by Gasteiger charge is 2.15. The molecule has 1 N–H and O–H groups in total. The summed E-state index contributed by atoms with van der Waals surface area (Å²) in [6.45, 7) is 9.80. The molecule has 1 saturated heterocycles. The number of nitrogens with one attached hydrogen (secondary N) is 1. The normalized spacial score (nSPS) is 14.6. The molecule has 0 atom stereocenters. The van der Waals surface area contributed by atoms with Crippen molar-refractivity contribution >= 4 is 5.91 Å². The van der Waals surface area contributed by atoms with Gasteiger partial charge in [-0.1, -0.05) is 32.3 Å². The number of amides is 1. The highest BCUT2D eigenvalue weighted by atomic mass is 16.5. The van der Waals surface area contributed by atoms with E-state index in [1.54, 1.807) is 14.2 Å². The summed E-state index contributed by atoms with van der Waals surface area (Å²) in [4.78, 5) is 17.3. The van der Waals surface area contributed by atoms with E-state index >= 15 is 0 Å². The molecule has 1 amide bonds. The Hall–Kier alpha value is -1.83. The number of rotatable bonds is 15. The number of ether oxygens (including phenoxy) is 3. The van der Waals surface area contributed by atoms with Crippen LogP contribution in [0.4, 0.5) is 0 Å². The van der Waals surface area contributed by atoms with Crippen LogP contribution in [0.5, 0.6) is 11.5 Å². The van der Waals surface area contributed by atoms with Crippen molar-refractivity contribution in [2.24, 2.45) is 0 Å². The van der Waals surface area contributed by atoms with Crippen LogP contribution in [0.25, 0.3) is 0 Å². The zero-order chi connectivity index (χ0) is 22.3. The van der Waals surface area contributed by atoms with E-state index < -0.39 is 0 Å². The van der Waals surface area contributed by atoms with Gasteiger partial charge >= 0.3 is 0 Å². The van der Waals surface area contributed by atoms with E-state index in [1.807, 2.05) is 18.2 Å². The predicted molar refractivity (Wildman–Crippen MR) is 124 cm³/mol. The first-order chi connectivity index (χ1) is 15.2. The molecule has 31 heavy (non-hydrogen) atoms. The van der Waals surface area contributed by atoms with Gasteiger partial charge in [0.2, 0.25) is 5.91 Å². The van der Waals surface area contributed by atoms with Gasteiger partial charge in [0.25, 0.3) is 0 Å². The maximum Gasteiger partial charge on any atom is 0.234 e. The molecule has 0 saturated carbocycles. The quantitative estimate of drug-likeness (QED) is 0.427. The third-order valence-electron chi connectivity index (χ3n) is 5.72. The van der Waals surface area contributed by atoms with Gasteiger partial charge in [-0.2, -0.15) is 0 Å². The van der Waals surface area contributed by atoms with Crippen LogP contribution in [0.3, 0.4) is 0 Å². The minimum atomic E-state index is 0.0953. The summed E-state index contributed by atoms with van der Waals surface area (Å²) >= 11 is 0. The lowest BCUT2D eigenvalue weighted by Gasteiger charge is -2.29. The summed E-state index contributed by atoms with van der Waals surface area (Å²) in [6.07, 6.45) is 5.62. The molecule has 1 heterocycles. The highest BCUT2D eigenvalue weighted by molar-refractivity contribution is 5.78. The van der Waals surface area contributed by atoms with Gasteiger partial charge in [-0.05, 0) is 37.1 Å². The lowest BCUT2D eigenvalue weighted by Crippen LogP contribution is -2.44. The smallest absolute Gasteiger partial charge is 0.234 e. The number of methoxy groups -OCH3 is 2. The maximum absolute atomic E-state index is 12.6. The molecular formula is C24H41N3O4. The number of carbonyl (C=O) groups is 1. The number of nitrogens with zero attached hydrogens (tertiary/aromatic N) is 2. The van der Waals surface area contributed by atoms with E-state index in [-0.39, 0.29) is 5.91 Å². The first kappa shape index (κ1) is 25.4. The monoisotopic (exact) mass is 435 g/mol. The molecule has 0 bridgehead atoms. The molecule has 0 unspecified atom stereocenters. The third kappa shape index (κ3) is 9.89. The molecule has 7 nitrogen and oxygen atoms in total. The Bertz CT molecular complexity index is 635. The Labute approximate surface area is 188 Å². The van der Waals surface area contributed by atoms with Crippen molar-refractivity contribution in [1.82, 2.24) is 15.1 Å². The second-order valence-corrected chi connectivity index (χ2v) is 8.08. The van der Waals surface area contributed by atoms with Crippen LogP contribution in [0.15, 0.2) is 18.2 Å². The van der Waals surface area contributed by atoms with Crippen molar-refractivity contribution in [3.05, 3.63) is 23.8 Å². The van der Waals surface area contributed by atoms with Crippen LogP contribution in [0.1, 0.15) is 38.2 Å². The van der Waals surface area contributed by atoms with E-state index in [9.17, 15) is 4.79 Å². The zero-order valence-corrected chi connectivity index (χ0v) is 19.7. The van der Waals surface area contributed by atoms with Crippen molar-refractivity contribution in [1.29, 1.82) is 0 Å². The average molecular weight is 436 g/mol. The molecule has 1 aliphatic rings. The molecular weight excluding hydrogens is 394 g/mol. The highest BCUT2D eigenvalue weighted by Crippen LogP contribution is 2.27. The fourth-order valence-electron chi connectivity index (χ4n) is 3.78. The lowest BCUT2D eigenvalue weighted by atomic mass is 10.1. The molecule has 0 spiro atoms. The number of hydrogen-bond acceptors (Lipinski definition) is 6. The van der Waals surface area contributed by atoms with Crippen molar-refractivity contribution in [3.63, 3.8) is 0 Å². The van der Waals surface area contributed by atoms with Crippen molar-refractivity contribution < 1.29 is 19.0 Å². The van der Waals surface area contributed by atoms with E-state index in [2.05, 4.69) is 22.0 Å². The topological polar surface area (TPSA) is 63.3 Å². The first-order valence-electron chi connectivity index (χ1n) is 11.7. The molecule has 0 radical (unpaired) electrons. The second kappa shape index (κ2) is 15.1. The van der Waals surface area contributed by atoms with Gasteiger partial charge in [-0.25, -0.2) is 0 Å². The van der Waals surface area contributed by atoms with Crippen molar-refractivity contribution in [2.45, 2.75) is 39.0 Å². The molecule has 7 heteroatoms. The molecule has 1 aromatic rings. The molecule has 0 aromatic heterocycles. The van der Waals surface area contributed by atoms with Crippen LogP contribution in [-0.4, -0.2) is 89.0 Å². The maximum atomic E-state index is 12.6. The summed E-state index contributed by atoms with van der Waals surface area (Å²) in [6, 6.07) is 5.88. The Balaban J connectivity index is 1.76. The Morgan fingerprint density at radius 2 is 1.87 bits per heavy atom. The van der Waals surface area contributed by atoms with Gasteiger partial charge in [0.1, 0.15) is 0 Å². The molecule has 1 aliphatic heterocycles. The Morgan fingerprint density at radius 3 is 2.58 bits per heavy atom. The van der Waals surface area contributed by atoms with Crippen LogP contribution in [0.2, 0.25) is 0 Å². The molecule has 176 valence electrons. The molecule has 0 aliphatic carbocycles. The number of hydrogen-bond donors (Lipinski definition) is 1. The molecule has 1 fully saturated rings. The van der Waals surface area contributed by atoms with Crippen LogP contribution in [-0.2, 0) is 16.0 Å². The van der Waals surface area contributed by atoms with Gasteiger partial charge in [0.15, 0.2) is 11.5 Å². The van der Waals surface area contributed by atoms with Crippen molar-refractivity contribution in [3.8, 4) is 11.5 Å². The van der Waals surface area contributed by atoms with Gasteiger partial charge in [-0.3, -0.25) is 14.6 Å². The molecule has 1 aromatic carbocycles. The SMILES string of the molecule is CCCCCCN(CCN1CCOCC1)CC(=O)NCCc1ccc(OC)c(OC)c1. The third-order valence-corrected chi connectivity index (χ3v) is 5.72. The standard InChI is InChI=1S/C24H41N3O4/c1-4-5-6-7-12-27(14-13-26-15-17-31-18-16-26)20-24(28)25-11-10-21-8-9-22(29-2)23(19-21)30-3/h8-9,19H,4-7,10-18,20H2,1-3H3,(H,25,28). The molecule has 2 rings (SSSR count). The number of morpholine rings is 1. The Kier molecular flexibility index (Phi) is 12.3. The van der Waals surface area contributed by atoms with Crippen LogP contribution in [0, 0.1) is 0 Å². The van der Waals surface area contributed by atoms with Crippen molar-refractivity contribution in [2.75, 3.05) is 73.2 Å². The summed E-state index contributed by atoms with van der Waals surface area (Å²) < 4.78 is 16.1. The largest absolute Gasteiger partial charge is 0.493 e. The van der Waals surface area contributed by atoms with E-state index in [1.165, 1.54) is 19.3 Å². The second-order valence-electron chi connectivity index (χ2n) is 8.08. The van der Waals surface area contributed by atoms with Gasteiger partial charge in [-0.15, -0.1) is 0 Å². The minimum absolute atomic E-state index is 0.0953. The van der Waals surface area contributed by atoms with E-state index in [0.29, 0.717) is 24.6 Å².